The van der Waals surface area contributed by atoms with Crippen molar-refractivity contribution in [1.29, 1.82) is 0 Å². The van der Waals surface area contributed by atoms with Crippen LogP contribution >= 0.6 is 0 Å². The van der Waals surface area contributed by atoms with Gasteiger partial charge in [-0.05, 0) is 44.7 Å². The Morgan fingerprint density at radius 2 is 1.45 bits per heavy atom. The second kappa shape index (κ2) is 8.02. The third-order valence-electron chi connectivity index (χ3n) is 2.21. The largest absolute Gasteiger partial charge is 0.330 e. The molecule has 0 fully saturated rings. The highest BCUT2D eigenvalue weighted by Crippen LogP contribution is 2.15. The van der Waals surface area contributed by atoms with Gasteiger partial charge in [-0.1, -0.05) is 13.3 Å². The molecular formula is C9H22N2. The fourth-order valence-corrected chi connectivity index (χ4v) is 1.37. The molecule has 0 atom stereocenters. The zero-order valence-corrected chi connectivity index (χ0v) is 7.68. The predicted molar refractivity (Wildman–Crippen MR) is 50.4 cm³/mol. The zero-order valence-electron chi connectivity index (χ0n) is 7.68. The van der Waals surface area contributed by atoms with Crippen LogP contribution in [0.15, 0.2) is 0 Å². The molecule has 2 heteroatoms. The molecule has 0 saturated carbocycles. The first-order chi connectivity index (χ1) is 5.35. The van der Waals surface area contributed by atoms with E-state index >= 15 is 0 Å². The first kappa shape index (κ1) is 10.9. The molecular weight excluding hydrogens is 136 g/mol. The van der Waals surface area contributed by atoms with E-state index in [1.165, 1.54) is 32.1 Å². The van der Waals surface area contributed by atoms with Crippen molar-refractivity contribution in [3.05, 3.63) is 0 Å². The molecule has 0 aliphatic rings. The maximum atomic E-state index is 5.44. The molecule has 0 radical (unpaired) electrons. The second-order valence-electron chi connectivity index (χ2n) is 3.14. The molecule has 0 unspecified atom stereocenters. The molecule has 0 saturated heterocycles. The summed E-state index contributed by atoms with van der Waals surface area (Å²) >= 11 is 0. The van der Waals surface area contributed by atoms with Crippen LogP contribution in [0.25, 0.3) is 0 Å². The summed E-state index contributed by atoms with van der Waals surface area (Å²) in [6.45, 7) is 3.91. The first-order valence-electron chi connectivity index (χ1n) is 4.75. The molecule has 4 N–H and O–H groups in total. The molecule has 0 aliphatic heterocycles. The number of hydrogen-bond acceptors (Lipinski definition) is 2. The molecule has 11 heavy (non-hydrogen) atoms. The number of rotatable bonds is 7. The van der Waals surface area contributed by atoms with Crippen LogP contribution in [0.2, 0.25) is 0 Å². The lowest BCUT2D eigenvalue weighted by Gasteiger charge is -2.12. The highest BCUT2D eigenvalue weighted by Gasteiger charge is 2.03. The van der Waals surface area contributed by atoms with E-state index in [0.29, 0.717) is 0 Å². The molecule has 0 spiro atoms. The van der Waals surface area contributed by atoms with Crippen molar-refractivity contribution in [2.24, 2.45) is 17.4 Å². The summed E-state index contributed by atoms with van der Waals surface area (Å²) in [7, 11) is 0. The predicted octanol–water partition coefficient (Wildman–Crippen LogP) is 1.49. The van der Waals surface area contributed by atoms with Crippen LogP contribution in [-0.4, -0.2) is 13.1 Å². The molecule has 0 aliphatic carbocycles. The highest BCUT2D eigenvalue weighted by molar-refractivity contribution is 4.58. The molecule has 0 aromatic heterocycles. The number of nitrogens with two attached hydrogens (primary N) is 2. The van der Waals surface area contributed by atoms with Gasteiger partial charge in [-0.3, -0.25) is 0 Å². The van der Waals surface area contributed by atoms with E-state index < -0.39 is 0 Å². The van der Waals surface area contributed by atoms with Crippen molar-refractivity contribution in [2.75, 3.05) is 13.1 Å². The summed E-state index contributed by atoms with van der Waals surface area (Å²) in [5.41, 5.74) is 10.9. The third-order valence-corrected chi connectivity index (χ3v) is 2.21. The van der Waals surface area contributed by atoms with Crippen LogP contribution in [0.1, 0.15) is 39.0 Å². The minimum absolute atomic E-state index is 0.832. The lowest BCUT2D eigenvalue weighted by Crippen LogP contribution is -2.07. The quantitative estimate of drug-likeness (QED) is 0.590. The average Bonchev–Trinajstić information content (AvgIpc) is 2.05. The standard InChI is InChI=1S/C9H22N2/c1-2-9(5-3-7-10)6-4-8-11/h9H,2-8,10-11H2,1H3. The Bertz CT molecular complexity index is 66.0. The first-order valence-corrected chi connectivity index (χ1v) is 4.75. The Hall–Kier alpha value is -0.0800. The minimum Gasteiger partial charge on any atom is -0.330 e. The monoisotopic (exact) mass is 158 g/mol. The Balaban J connectivity index is 3.25. The molecule has 0 heterocycles. The summed E-state index contributed by atoms with van der Waals surface area (Å²) in [4.78, 5) is 0. The summed E-state index contributed by atoms with van der Waals surface area (Å²) in [5, 5.41) is 0. The minimum atomic E-state index is 0.832. The van der Waals surface area contributed by atoms with E-state index in [9.17, 15) is 0 Å². The normalized spacial score (nSPS) is 10.9. The summed E-state index contributed by atoms with van der Waals surface area (Å²) < 4.78 is 0. The van der Waals surface area contributed by atoms with E-state index in [0.717, 1.165) is 19.0 Å². The Morgan fingerprint density at radius 3 is 1.73 bits per heavy atom. The van der Waals surface area contributed by atoms with Crippen LogP contribution in [0.3, 0.4) is 0 Å². The molecule has 0 aromatic rings. The van der Waals surface area contributed by atoms with Gasteiger partial charge in [0.15, 0.2) is 0 Å². The fraction of sp³-hybridized carbons (Fsp3) is 1.00. The van der Waals surface area contributed by atoms with E-state index in [1.807, 2.05) is 0 Å². The van der Waals surface area contributed by atoms with Crippen LogP contribution in [0.5, 0.6) is 0 Å². The summed E-state index contributed by atoms with van der Waals surface area (Å²) in [5.74, 6) is 0.863. The smallest absolute Gasteiger partial charge is 0.00772 e. The van der Waals surface area contributed by atoms with Crippen LogP contribution < -0.4 is 11.5 Å². The topological polar surface area (TPSA) is 52.0 Å². The Morgan fingerprint density at radius 1 is 1.00 bits per heavy atom. The Labute approximate surface area is 70.3 Å². The van der Waals surface area contributed by atoms with Crippen molar-refractivity contribution in [2.45, 2.75) is 39.0 Å². The van der Waals surface area contributed by atoms with E-state index in [-0.39, 0.29) is 0 Å². The molecule has 68 valence electrons. The zero-order chi connectivity index (χ0) is 8.53. The van der Waals surface area contributed by atoms with Crippen LogP contribution in [0.4, 0.5) is 0 Å². The van der Waals surface area contributed by atoms with Crippen molar-refractivity contribution >= 4 is 0 Å². The second-order valence-corrected chi connectivity index (χ2v) is 3.14. The molecule has 0 rings (SSSR count). The summed E-state index contributed by atoms with van der Waals surface area (Å²) in [6.07, 6.45) is 6.19. The van der Waals surface area contributed by atoms with Crippen molar-refractivity contribution in [1.82, 2.24) is 0 Å². The van der Waals surface area contributed by atoms with Gasteiger partial charge in [0.1, 0.15) is 0 Å². The SMILES string of the molecule is CCC(CCCN)CCCN. The molecule has 0 aromatic carbocycles. The number of hydrogen-bond donors (Lipinski definition) is 2. The summed E-state index contributed by atoms with van der Waals surface area (Å²) in [6, 6.07) is 0. The van der Waals surface area contributed by atoms with E-state index in [2.05, 4.69) is 6.92 Å². The van der Waals surface area contributed by atoms with Crippen LogP contribution in [0, 0.1) is 5.92 Å². The maximum Gasteiger partial charge on any atom is -0.00772 e. The van der Waals surface area contributed by atoms with Gasteiger partial charge in [0, 0.05) is 0 Å². The van der Waals surface area contributed by atoms with E-state index in [4.69, 9.17) is 11.5 Å². The average molecular weight is 158 g/mol. The van der Waals surface area contributed by atoms with Gasteiger partial charge in [0.2, 0.25) is 0 Å². The van der Waals surface area contributed by atoms with Gasteiger partial charge in [-0.2, -0.15) is 0 Å². The molecule has 0 amide bonds. The molecule has 0 bridgehead atoms. The van der Waals surface area contributed by atoms with Gasteiger partial charge in [-0.25, -0.2) is 0 Å². The fourth-order valence-electron chi connectivity index (χ4n) is 1.37. The van der Waals surface area contributed by atoms with Gasteiger partial charge in [-0.15, -0.1) is 0 Å². The van der Waals surface area contributed by atoms with Crippen molar-refractivity contribution in [3.63, 3.8) is 0 Å². The van der Waals surface area contributed by atoms with Gasteiger partial charge in [0.25, 0.3) is 0 Å². The van der Waals surface area contributed by atoms with Crippen LogP contribution in [-0.2, 0) is 0 Å². The van der Waals surface area contributed by atoms with Crippen molar-refractivity contribution in [3.8, 4) is 0 Å². The lowest BCUT2D eigenvalue weighted by molar-refractivity contribution is 0.417. The van der Waals surface area contributed by atoms with Gasteiger partial charge >= 0.3 is 0 Å². The maximum absolute atomic E-state index is 5.44. The van der Waals surface area contributed by atoms with Crippen molar-refractivity contribution < 1.29 is 0 Å². The lowest BCUT2D eigenvalue weighted by atomic mass is 9.95. The molecule has 2 nitrogen and oxygen atoms in total. The van der Waals surface area contributed by atoms with Gasteiger partial charge < -0.3 is 11.5 Å². The highest BCUT2D eigenvalue weighted by atomic mass is 14.5. The third kappa shape index (κ3) is 6.32. The Kier molecular flexibility index (Phi) is 7.96. The van der Waals surface area contributed by atoms with Gasteiger partial charge in [0.05, 0.1) is 0 Å². The van der Waals surface area contributed by atoms with E-state index in [1.54, 1.807) is 0 Å².